The van der Waals surface area contributed by atoms with Gasteiger partial charge in [0.25, 0.3) is 5.91 Å². The van der Waals surface area contributed by atoms with Crippen LogP contribution >= 0.6 is 0 Å². The summed E-state index contributed by atoms with van der Waals surface area (Å²) in [6.07, 6.45) is 1.73. The second-order valence-electron chi connectivity index (χ2n) is 6.07. The number of carbonyl (C=O) groups excluding carboxylic acids is 2. The van der Waals surface area contributed by atoms with Gasteiger partial charge in [-0.1, -0.05) is 17.7 Å². The van der Waals surface area contributed by atoms with Crippen LogP contribution in [0.15, 0.2) is 66.9 Å². The molecule has 1 N–H and O–H groups in total. The maximum absolute atomic E-state index is 12.0. The van der Waals surface area contributed by atoms with Gasteiger partial charge >= 0.3 is 5.97 Å². The predicted octanol–water partition coefficient (Wildman–Crippen LogP) is 3.92. The van der Waals surface area contributed by atoms with E-state index in [1.165, 1.54) is 0 Å². The molecule has 1 heterocycles. The summed E-state index contributed by atoms with van der Waals surface area (Å²) in [5.74, 6) is 0.446. The van der Waals surface area contributed by atoms with Gasteiger partial charge < -0.3 is 19.4 Å². The molecule has 6 nitrogen and oxygen atoms in total. The molecular formula is C21H20N2O4. The number of ether oxygens (including phenoxy) is 2. The van der Waals surface area contributed by atoms with E-state index >= 15 is 0 Å². The number of anilines is 1. The third-order valence-corrected chi connectivity index (χ3v) is 3.88. The molecule has 0 spiro atoms. The van der Waals surface area contributed by atoms with E-state index in [0.29, 0.717) is 17.1 Å². The zero-order valence-corrected chi connectivity index (χ0v) is 15.1. The van der Waals surface area contributed by atoms with Crippen molar-refractivity contribution in [1.29, 1.82) is 0 Å². The molecule has 0 radical (unpaired) electrons. The molecule has 0 unspecified atom stereocenters. The van der Waals surface area contributed by atoms with E-state index in [-0.39, 0.29) is 6.61 Å². The van der Waals surface area contributed by atoms with Gasteiger partial charge in [0.05, 0.1) is 0 Å². The van der Waals surface area contributed by atoms with Gasteiger partial charge in [-0.25, -0.2) is 4.79 Å². The van der Waals surface area contributed by atoms with Crippen molar-refractivity contribution in [2.45, 2.75) is 6.92 Å². The summed E-state index contributed by atoms with van der Waals surface area (Å²) in [6, 6.07) is 18.1. The maximum Gasteiger partial charge on any atom is 0.355 e. The van der Waals surface area contributed by atoms with E-state index in [4.69, 9.17) is 9.47 Å². The van der Waals surface area contributed by atoms with Gasteiger partial charge in [-0.05, 0) is 55.5 Å². The molecule has 0 aliphatic rings. The standard InChI is InChI=1S/C21H20N2O4/c1-15-5-9-17(10-6-15)27-18-11-7-16(8-12-18)22-20(24)14-26-21(25)19-4-3-13-23(19)2/h3-13H,14H2,1-2H3,(H,22,24). The first-order valence-electron chi connectivity index (χ1n) is 8.44. The lowest BCUT2D eigenvalue weighted by molar-refractivity contribution is -0.119. The SMILES string of the molecule is Cc1ccc(Oc2ccc(NC(=O)COC(=O)c3cccn3C)cc2)cc1. The molecule has 3 rings (SSSR count). The Bertz CT molecular complexity index is 928. The van der Waals surface area contributed by atoms with Crippen molar-refractivity contribution in [2.24, 2.45) is 7.05 Å². The number of aromatic nitrogens is 1. The number of rotatable bonds is 6. The Morgan fingerprint density at radius 1 is 0.963 bits per heavy atom. The highest BCUT2D eigenvalue weighted by molar-refractivity contribution is 5.95. The Hall–Kier alpha value is -3.54. The number of hydrogen-bond acceptors (Lipinski definition) is 4. The van der Waals surface area contributed by atoms with E-state index in [2.05, 4.69) is 5.32 Å². The Morgan fingerprint density at radius 3 is 2.19 bits per heavy atom. The smallest absolute Gasteiger partial charge is 0.355 e. The number of nitrogens with one attached hydrogen (secondary N) is 1. The van der Waals surface area contributed by atoms with E-state index in [1.807, 2.05) is 31.2 Å². The second-order valence-corrected chi connectivity index (χ2v) is 6.07. The van der Waals surface area contributed by atoms with Crippen molar-refractivity contribution >= 4 is 17.6 Å². The molecule has 138 valence electrons. The van der Waals surface area contributed by atoms with Crippen LogP contribution in [-0.2, 0) is 16.6 Å². The molecule has 6 heteroatoms. The third kappa shape index (κ3) is 4.98. The van der Waals surface area contributed by atoms with E-state index in [0.717, 1.165) is 11.3 Å². The van der Waals surface area contributed by atoms with Crippen molar-refractivity contribution in [1.82, 2.24) is 4.57 Å². The summed E-state index contributed by atoms with van der Waals surface area (Å²) in [4.78, 5) is 23.8. The van der Waals surface area contributed by atoms with Crippen LogP contribution in [0.3, 0.4) is 0 Å². The molecular weight excluding hydrogens is 344 g/mol. The van der Waals surface area contributed by atoms with Crippen molar-refractivity contribution in [3.8, 4) is 11.5 Å². The topological polar surface area (TPSA) is 69.6 Å². The number of aryl methyl sites for hydroxylation is 2. The van der Waals surface area contributed by atoms with Gasteiger partial charge in [-0.3, -0.25) is 4.79 Å². The monoisotopic (exact) mass is 364 g/mol. The first kappa shape index (κ1) is 18.3. The van der Waals surface area contributed by atoms with Crippen LogP contribution in [0.5, 0.6) is 11.5 Å². The van der Waals surface area contributed by atoms with E-state index in [9.17, 15) is 9.59 Å². The summed E-state index contributed by atoms with van der Waals surface area (Å²) in [7, 11) is 1.73. The molecule has 0 saturated heterocycles. The fraction of sp³-hybridized carbons (Fsp3) is 0.143. The minimum atomic E-state index is -0.542. The van der Waals surface area contributed by atoms with Crippen LogP contribution in [0.1, 0.15) is 16.1 Å². The zero-order valence-electron chi connectivity index (χ0n) is 15.1. The number of benzene rings is 2. The van der Waals surface area contributed by atoms with Gasteiger partial charge in [0.1, 0.15) is 17.2 Å². The molecule has 0 aliphatic carbocycles. The number of carbonyl (C=O) groups is 2. The molecule has 3 aromatic rings. The van der Waals surface area contributed by atoms with Gasteiger partial charge in [0.15, 0.2) is 6.61 Å². The van der Waals surface area contributed by atoms with Crippen molar-refractivity contribution in [3.05, 3.63) is 78.1 Å². The highest BCUT2D eigenvalue weighted by Gasteiger charge is 2.12. The third-order valence-electron chi connectivity index (χ3n) is 3.88. The second kappa shape index (κ2) is 8.23. The summed E-state index contributed by atoms with van der Waals surface area (Å²) in [5, 5.41) is 2.68. The Kier molecular flexibility index (Phi) is 5.56. The number of esters is 1. The zero-order chi connectivity index (χ0) is 19.2. The fourth-order valence-corrected chi connectivity index (χ4v) is 2.42. The maximum atomic E-state index is 12.0. The first-order chi connectivity index (χ1) is 13.0. The van der Waals surface area contributed by atoms with Gasteiger partial charge in [0, 0.05) is 18.9 Å². The van der Waals surface area contributed by atoms with Crippen LogP contribution < -0.4 is 10.1 Å². The quantitative estimate of drug-likeness (QED) is 0.673. The molecule has 1 amide bonds. The Morgan fingerprint density at radius 2 is 1.59 bits per heavy atom. The van der Waals surface area contributed by atoms with Gasteiger partial charge in [0.2, 0.25) is 0 Å². The Balaban J connectivity index is 1.50. The summed E-state index contributed by atoms with van der Waals surface area (Å²) >= 11 is 0. The molecule has 27 heavy (non-hydrogen) atoms. The van der Waals surface area contributed by atoms with Gasteiger partial charge in [-0.15, -0.1) is 0 Å². The number of nitrogens with zero attached hydrogens (tertiary/aromatic N) is 1. The average Bonchev–Trinajstić information content (AvgIpc) is 3.09. The molecule has 2 aromatic carbocycles. The van der Waals surface area contributed by atoms with E-state index < -0.39 is 11.9 Å². The van der Waals surface area contributed by atoms with Crippen LogP contribution in [0, 0.1) is 6.92 Å². The summed E-state index contributed by atoms with van der Waals surface area (Å²) in [6.45, 7) is 1.66. The summed E-state index contributed by atoms with van der Waals surface area (Å²) < 4.78 is 12.4. The highest BCUT2D eigenvalue weighted by atomic mass is 16.5. The Labute approximate surface area is 157 Å². The number of amides is 1. The fourth-order valence-electron chi connectivity index (χ4n) is 2.42. The van der Waals surface area contributed by atoms with Crippen molar-refractivity contribution < 1.29 is 19.1 Å². The minimum Gasteiger partial charge on any atom is -0.457 e. The molecule has 0 aliphatic heterocycles. The molecule has 1 aromatic heterocycles. The van der Waals surface area contributed by atoms with E-state index in [1.54, 1.807) is 54.2 Å². The molecule has 0 saturated carbocycles. The number of hydrogen-bond donors (Lipinski definition) is 1. The lowest BCUT2D eigenvalue weighted by Gasteiger charge is -2.09. The average molecular weight is 364 g/mol. The van der Waals surface area contributed by atoms with Crippen LogP contribution in [-0.4, -0.2) is 23.1 Å². The highest BCUT2D eigenvalue weighted by Crippen LogP contribution is 2.23. The van der Waals surface area contributed by atoms with Crippen molar-refractivity contribution in [3.63, 3.8) is 0 Å². The summed E-state index contributed by atoms with van der Waals surface area (Å²) in [5.41, 5.74) is 2.14. The van der Waals surface area contributed by atoms with Gasteiger partial charge in [-0.2, -0.15) is 0 Å². The van der Waals surface area contributed by atoms with Crippen molar-refractivity contribution in [2.75, 3.05) is 11.9 Å². The normalized spacial score (nSPS) is 10.3. The lowest BCUT2D eigenvalue weighted by Crippen LogP contribution is -2.21. The first-order valence-corrected chi connectivity index (χ1v) is 8.44. The lowest BCUT2D eigenvalue weighted by atomic mass is 10.2. The molecule has 0 fully saturated rings. The minimum absolute atomic E-state index is 0.356. The molecule has 0 bridgehead atoms. The van der Waals surface area contributed by atoms with Crippen LogP contribution in [0.4, 0.5) is 5.69 Å². The van der Waals surface area contributed by atoms with Crippen LogP contribution in [0.25, 0.3) is 0 Å². The molecule has 0 atom stereocenters. The predicted molar refractivity (Wildman–Crippen MR) is 102 cm³/mol. The largest absolute Gasteiger partial charge is 0.457 e. The van der Waals surface area contributed by atoms with Crippen LogP contribution in [0.2, 0.25) is 0 Å².